The minimum atomic E-state index is -1.28. The number of hydrogen-bond donors (Lipinski definition) is 1. The van der Waals surface area contributed by atoms with Gasteiger partial charge in [0.1, 0.15) is 24.0 Å². The summed E-state index contributed by atoms with van der Waals surface area (Å²) in [5.41, 5.74) is -0.630. The Bertz CT molecular complexity index is 1090. The number of alkyl halides is 3. The van der Waals surface area contributed by atoms with E-state index in [0.717, 1.165) is 37.0 Å². The maximum absolute atomic E-state index is 12.9. The lowest BCUT2D eigenvalue weighted by molar-refractivity contribution is -0.384. The summed E-state index contributed by atoms with van der Waals surface area (Å²) in [7, 11) is 0. The van der Waals surface area contributed by atoms with Crippen LogP contribution in [0.4, 0.5) is 5.69 Å². The molecule has 220 valence electrons. The van der Waals surface area contributed by atoms with E-state index in [9.17, 15) is 29.3 Å². The first-order valence-corrected chi connectivity index (χ1v) is 14.2. The van der Waals surface area contributed by atoms with Crippen molar-refractivity contribution in [2.75, 3.05) is 18.4 Å². The molecule has 11 nitrogen and oxygen atoms in total. The first-order chi connectivity index (χ1) is 19.1. The summed E-state index contributed by atoms with van der Waals surface area (Å²) >= 11 is 17.6. The lowest BCUT2D eigenvalue weighted by Gasteiger charge is -2.47. The van der Waals surface area contributed by atoms with Crippen LogP contribution in [0, 0.1) is 10.1 Å². The van der Waals surface area contributed by atoms with Gasteiger partial charge in [0.25, 0.3) is 11.6 Å². The molecule has 3 unspecified atom stereocenters. The predicted octanol–water partition coefficient (Wildman–Crippen LogP) is 4.21. The van der Waals surface area contributed by atoms with Crippen LogP contribution in [0.5, 0.6) is 0 Å². The molecule has 0 spiro atoms. The summed E-state index contributed by atoms with van der Waals surface area (Å²) in [4.78, 5) is 60.5. The molecule has 3 atom stereocenters. The third-order valence-electron chi connectivity index (χ3n) is 6.11. The van der Waals surface area contributed by atoms with Gasteiger partial charge in [-0.1, -0.05) is 56.0 Å². The smallest absolute Gasteiger partial charge is 0.333 e. The van der Waals surface area contributed by atoms with Crippen molar-refractivity contribution in [2.45, 2.75) is 69.1 Å². The van der Waals surface area contributed by atoms with Gasteiger partial charge in [0, 0.05) is 24.4 Å². The number of carbonyl (C=O) groups is 4. The van der Waals surface area contributed by atoms with Gasteiger partial charge >= 0.3 is 11.9 Å². The van der Waals surface area contributed by atoms with Gasteiger partial charge in [-0.25, -0.2) is 4.79 Å². The van der Waals surface area contributed by atoms with Crippen LogP contribution >= 0.6 is 34.8 Å². The normalized spacial score (nSPS) is 17.0. The fourth-order valence-electron chi connectivity index (χ4n) is 3.99. The minimum absolute atomic E-state index is 0.153. The molecule has 1 aromatic carbocycles. The maximum atomic E-state index is 12.9. The molecule has 1 aliphatic rings. The molecule has 0 aliphatic carbocycles. The van der Waals surface area contributed by atoms with Crippen molar-refractivity contribution in [3.8, 4) is 0 Å². The number of non-ortho nitro benzene ring substituents is 1. The fourth-order valence-corrected chi connectivity index (χ4v) is 4.59. The summed E-state index contributed by atoms with van der Waals surface area (Å²) < 4.78 is 10.2. The molecule has 1 saturated heterocycles. The third kappa shape index (κ3) is 9.94. The highest BCUT2D eigenvalue weighted by Crippen LogP contribution is 2.30. The Morgan fingerprint density at radius 2 is 1.75 bits per heavy atom. The zero-order chi connectivity index (χ0) is 29.7. The summed E-state index contributed by atoms with van der Waals surface area (Å²) in [5, 5.41) is 13.6. The molecule has 2 amide bonds. The summed E-state index contributed by atoms with van der Waals surface area (Å²) in [6.45, 7) is 3.82. The molecular formula is C26H32Cl3N3O8. The quantitative estimate of drug-likeness (QED) is 0.0376. The van der Waals surface area contributed by atoms with Crippen molar-refractivity contribution in [3.05, 3.63) is 52.1 Å². The standard InChI is InChI=1S/C26H32Cl3N3O8/c1-17(14-27)23(26(36)40-16-18-9-8-10-19(13-18)32(37)38)31-24(29)22(25(31)35)30-20(33)11-6-4-2-3-5-7-12-39-21(34)15-28/h8-10,13,22-24H,1-7,11-12,14-16H2,(H,30,33). The van der Waals surface area contributed by atoms with Crippen molar-refractivity contribution in [1.82, 2.24) is 10.2 Å². The zero-order valence-corrected chi connectivity index (χ0v) is 24.1. The number of nitro benzene ring substituents is 1. The number of likely N-dealkylation sites (tertiary alicyclic amines) is 1. The number of benzene rings is 1. The van der Waals surface area contributed by atoms with Gasteiger partial charge in [0.15, 0.2) is 6.04 Å². The molecule has 1 aliphatic heterocycles. The molecule has 1 heterocycles. The largest absolute Gasteiger partial charge is 0.465 e. The number of ether oxygens (including phenoxy) is 2. The van der Waals surface area contributed by atoms with Crippen LogP contribution in [-0.2, 0) is 35.3 Å². The average molecular weight is 621 g/mol. The van der Waals surface area contributed by atoms with E-state index < -0.39 is 40.4 Å². The van der Waals surface area contributed by atoms with Crippen LogP contribution in [0.2, 0.25) is 0 Å². The van der Waals surface area contributed by atoms with Gasteiger partial charge in [0.2, 0.25) is 5.91 Å². The van der Waals surface area contributed by atoms with Crippen LogP contribution in [0.1, 0.15) is 50.5 Å². The number of carbonyl (C=O) groups excluding carboxylic acids is 4. The van der Waals surface area contributed by atoms with Crippen LogP contribution in [0.25, 0.3) is 0 Å². The second kappa shape index (κ2) is 17.0. The predicted molar refractivity (Wildman–Crippen MR) is 149 cm³/mol. The van der Waals surface area contributed by atoms with E-state index in [1.807, 2.05) is 0 Å². The number of hydrogen-bond acceptors (Lipinski definition) is 8. The number of unbranched alkanes of at least 4 members (excludes halogenated alkanes) is 5. The lowest BCUT2D eigenvalue weighted by Crippen LogP contribution is -2.72. The molecule has 0 saturated carbocycles. The number of rotatable bonds is 18. The second-order valence-electron chi connectivity index (χ2n) is 9.12. The van der Waals surface area contributed by atoms with E-state index in [2.05, 4.69) is 11.9 Å². The van der Waals surface area contributed by atoms with Crippen LogP contribution in [0.15, 0.2) is 36.4 Å². The van der Waals surface area contributed by atoms with Gasteiger partial charge in [0.05, 0.1) is 11.5 Å². The third-order valence-corrected chi connectivity index (χ3v) is 7.13. The molecule has 0 radical (unpaired) electrons. The molecule has 14 heteroatoms. The number of nitrogens with zero attached hydrogens (tertiary/aromatic N) is 2. The van der Waals surface area contributed by atoms with Crippen molar-refractivity contribution < 1.29 is 33.6 Å². The minimum Gasteiger partial charge on any atom is -0.465 e. The Labute approximate surface area is 247 Å². The first kappa shape index (κ1) is 33.3. The lowest BCUT2D eigenvalue weighted by atomic mass is 9.99. The van der Waals surface area contributed by atoms with Gasteiger partial charge in [-0.2, -0.15) is 0 Å². The topological polar surface area (TPSA) is 145 Å². The molecular weight excluding hydrogens is 589 g/mol. The Morgan fingerprint density at radius 1 is 1.07 bits per heavy atom. The van der Waals surface area contributed by atoms with E-state index in [-0.39, 0.29) is 42.0 Å². The van der Waals surface area contributed by atoms with Gasteiger partial charge in [-0.15, -0.1) is 23.2 Å². The van der Waals surface area contributed by atoms with Crippen molar-refractivity contribution >= 4 is 64.2 Å². The van der Waals surface area contributed by atoms with Crippen LogP contribution in [-0.4, -0.2) is 69.5 Å². The van der Waals surface area contributed by atoms with Crippen molar-refractivity contribution in [2.24, 2.45) is 0 Å². The summed E-state index contributed by atoms with van der Waals surface area (Å²) in [6.07, 6.45) is 5.14. The Morgan fingerprint density at radius 3 is 2.38 bits per heavy atom. The van der Waals surface area contributed by atoms with E-state index in [4.69, 9.17) is 44.3 Å². The monoisotopic (exact) mass is 619 g/mol. The molecule has 1 N–H and O–H groups in total. The SMILES string of the molecule is C=C(CCl)C(C(=O)OCc1cccc([N+](=O)[O-])c1)N1C(=O)C(NC(=O)CCCCCCCCOC(=O)CCl)C1Cl. The molecule has 1 aromatic rings. The number of β-lactam (4-membered cyclic amide) rings is 1. The van der Waals surface area contributed by atoms with E-state index in [1.54, 1.807) is 6.07 Å². The highest BCUT2D eigenvalue weighted by atomic mass is 35.5. The molecule has 1 fully saturated rings. The van der Waals surface area contributed by atoms with E-state index in [1.165, 1.54) is 18.2 Å². The highest BCUT2D eigenvalue weighted by molar-refractivity contribution is 6.27. The average Bonchev–Trinajstić information content (AvgIpc) is 2.95. The number of amides is 2. The van der Waals surface area contributed by atoms with Gasteiger partial charge in [-0.05, 0) is 24.0 Å². The molecule has 40 heavy (non-hydrogen) atoms. The second-order valence-corrected chi connectivity index (χ2v) is 10.1. The summed E-state index contributed by atoms with van der Waals surface area (Å²) in [6, 6.07) is 3.30. The summed E-state index contributed by atoms with van der Waals surface area (Å²) in [5.74, 6) is -2.50. The molecule has 0 aromatic heterocycles. The van der Waals surface area contributed by atoms with Gasteiger partial charge < -0.3 is 19.7 Å². The number of halogens is 3. The number of nitrogens with one attached hydrogen (secondary N) is 1. The van der Waals surface area contributed by atoms with Crippen molar-refractivity contribution in [1.29, 1.82) is 0 Å². The zero-order valence-electron chi connectivity index (χ0n) is 21.8. The molecule has 0 bridgehead atoms. The van der Waals surface area contributed by atoms with Crippen LogP contribution < -0.4 is 5.32 Å². The molecule has 2 rings (SSSR count). The van der Waals surface area contributed by atoms with Gasteiger partial charge in [-0.3, -0.25) is 24.5 Å². The number of esters is 2. The van der Waals surface area contributed by atoms with Crippen LogP contribution in [0.3, 0.4) is 0 Å². The maximum Gasteiger partial charge on any atom is 0.333 e. The van der Waals surface area contributed by atoms with Crippen molar-refractivity contribution in [3.63, 3.8) is 0 Å². The Balaban J connectivity index is 1.78. The highest BCUT2D eigenvalue weighted by Gasteiger charge is 2.53. The fraction of sp³-hybridized carbons (Fsp3) is 0.538. The Hall–Kier alpha value is -2.89. The van der Waals surface area contributed by atoms with E-state index >= 15 is 0 Å². The first-order valence-electron chi connectivity index (χ1n) is 12.7. The number of nitro groups is 1. The Kier molecular flexibility index (Phi) is 14.2. The van der Waals surface area contributed by atoms with E-state index in [0.29, 0.717) is 18.6 Å².